The SMILES string of the molecule is Cc1ccc2nc(-c3ccc(NC(=O)CN4C(=O)NC(C)(c5ccc(C)o5)C4=O)cc3)sc2c1. The van der Waals surface area contributed by atoms with E-state index in [1.165, 1.54) is 5.56 Å². The number of aryl methyl sites for hydroxylation is 2. The Kier molecular flexibility index (Phi) is 5.21. The van der Waals surface area contributed by atoms with Gasteiger partial charge >= 0.3 is 6.03 Å². The Bertz CT molecular complexity index is 1440. The van der Waals surface area contributed by atoms with Crippen LogP contribution in [0.5, 0.6) is 0 Å². The minimum Gasteiger partial charge on any atom is -0.463 e. The number of imide groups is 1. The molecular weight excluding hydrogens is 452 g/mol. The largest absolute Gasteiger partial charge is 0.463 e. The van der Waals surface area contributed by atoms with Crippen LogP contribution in [-0.4, -0.2) is 34.3 Å². The number of fused-ring (bicyclic) bond motifs is 1. The number of nitrogens with zero attached hydrogens (tertiary/aromatic N) is 2. The lowest BCUT2D eigenvalue weighted by atomic mass is 9.99. The molecule has 2 N–H and O–H groups in total. The number of carbonyl (C=O) groups excluding carboxylic acids is 3. The number of thiazole rings is 1. The lowest BCUT2D eigenvalue weighted by Gasteiger charge is -2.19. The molecule has 8 nitrogen and oxygen atoms in total. The zero-order valence-corrected chi connectivity index (χ0v) is 19.7. The summed E-state index contributed by atoms with van der Waals surface area (Å²) in [6.07, 6.45) is 0. The first-order valence-corrected chi connectivity index (χ1v) is 11.5. The zero-order chi connectivity index (χ0) is 24.0. The monoisotopic (exact) mass is 474 g/mol. The van der Waals surface area contributed by atoms with E-state index in [0.717, 1.165) is 25.7 Å². The van der Waals surface area contributed by atoms with Crippen LogP contribution in [0.15, 0.2) is 59.0 Å². The molecule has 0 radical (unpaired) electrons. The number of furan rings is 1. The van der Waals surface area contributed by atoms with E-state index >= 15 is 0 Å². The van der Waals surface area contributed by atoms with E-state index < -0.39 is 29.9 Å². The van der Waals surface area contributed by atoms with Gasteiger partial charge in [0, 0.05) is 11.3 Å². The summed E-state index contributed by atoms with van der Waals surface area (Å²) in [5, 5.41) is 6.26. The molecule has 3 heterocycles. The molecule has 1 aliphatic heterocycles. The van der Waals surface area contributed by atoms with E-state index in [2.05, 4.69) is 21.7 Å². The van der Waals surface area contributed by atoms with Crippen molar-refractivity contribution in [2.24, 2.45) is 0 Å². The Morgan fingerprint density at radius 1 is 1.12 bits per heavy atom. The van der Waals surface area contributed by atoms with E-state index in [9.17, 15) is 14.4 Å². The summed E-state index contributed by atoms with van der Waals surface area (Å²) in [7, 11) is 0. The van der Waals surface area contributed by atoms with Crippen LogP contribution in [0.2, 0.25) is 0 Å². The maximum Gasteiger partial charge on any atom is 0.325 e. The number of carbonyl (C=O) groups is 3. The second-order valence-corrected chi connectivity index (χ2v) is 9.50. The molecule has 1 fully saturated rings. The van der Waals surface area contributed by atoms with Gasteiger partial charge in [0.05, 0.1) is 10.2 Å². The third-order valence-corrected chi connectivity index (χ3v) is 6.84. The van der Waals surface area contributed by atoms with E-state index in [1.54, 1.807) is 49.4 Å². The molecule has 2 aromatic carbocycles. The predicted molar refractivity (Wildman–Crippen MR) is 129 cm³/mol. The third kappa shape index (κ3) is 3.84. The standard InChI is InChI=1S/C25H22N4O4S/c1-14-4-10-18-19(12-14)34-22(27-18)16-6-8-17(9-7-16)26-21(30)13-29-23(31)25(3,28-24(29)32)20-11-5-15(2)33-20/h4-12H,13H2,1-3H3,(H,26,30)(H,28,32). The Morgan fingerprint density at radius 2 is 1.88 bits per heavy atom. The van der Waals surface area contributed by atoms with Crippen LogP contribution in [0, 0.1) is 13.8 Å². The molecule has 2 aromatic heterocycles. The molecule has 1 saturated heterocycles. The highest BCUT2D eigenvalue weighted by Gasteiger charge is 2.51. The second-order valence-electron chi connectivity index (χ2n) is 8.47. The molecule has 0 aliphatic carbocycles. The lowest BCUT2D eigenvalue weighted by molar-refractivity contribution is -0.134. The number of anilines is 1. The molecule has 9 heteroatoms. The molecule has 1 atom stereocenters. The van der Waals surface area contributed by atoms with Crippen molar-refractivity contribution in [3.63, 3.8) is 0 Å². The molecular formula is C25H22N4O4S. The van der Waals surface area contributed by atoms with E-state index in [1.807, 2.05) is 31.2 Å². The Morgan fingerprint density at radius 3 is 2.59 bits per heavy atom. The van der Waals surface area contributed by atoms with Crippen molar-refractivity contribution in [1.82, 2.24) is 15.2 Å². The highest BCUT2D eigenvalue weighted by molar-refractivity contribution is 7.21. The number of amides is 4. The average Bonchev–Trinajstić information content (AvgIpc) is 3.48. The maximum absolute atomic E-state index is 12.9. The van der Waals surface area contributed by atoms with Crippen LogP contribution in [0.25, 0.3) is 20.8 Å². The molecule has 0 saturated carbocycles. The minimum absolute atomic E-state index is 0.326. The molecule has 0 spiro atoms. The van der Waals surface area contributed by atoms with E-state index in [0.29, 0.717) is 17.2 Å². The van der Waals surface area contributed by atoms with Gasteiger partial charge < -0.3 is 15.1 Å². The highest BCUT2D eigenvalue weighted by atomic mass is 32.1. The van der Waals surface area contributed by atoms with Crippen LogP contribution in [0.1, 0.15) is 24.0 Å². The summed E-state index contributed by atoms with van der Waals surface area (Å²) < 4.78 is 6.67. The maximum atomic E-state index is 12.9. The van der Waals surface area contributed by atoms with Gasteiger partial charge in [-0.15, -0.1) is 11.3 Å². The molecule has 5 rings (SSSR count). The minimum atomic E-state index is -1.34. The van der Waals surface area contributed by atoms with Crippen molar-refractivity contribution in [3.05, 3.63) is 71.7 Å². The Balaban J connectivity index is 1.26. The van der Waals surface area contributed by atoms with Gasteiger partial charge in [0.15, 0.2) is 5.54 Å². The zero-order valence-electron chi connectivity index (χ0n) is 18.8. The summed E-state index contributed by atoms with van der Waals surface area (Å²) in [6.45, 7) is 4.96. The van der Waals surface area contributed by atoms with Crippen LogP contribution in [0.3, 0.4) is 0 Å². The summed E-state index contributed by atoms with van der Waals surface area (Å²) in [4.78, 5) is 43.5. The second kappa shape index (κ2) is 8.11. The molecule has 0 bridgehead atoms. The highest BCUT2D eigenvalue weighted by Crippen LogP contribution is 2.32. The number of hydrogen-bond acceptors (Lipinski definition) is 6. The average molecular weight is 475 g/mol. The van der Waals surface area contributed by atoms with Crippen LogP contribution in [-0.2, 0) is 15.1 Å². The summed E-state index contributed by atoms with van der Waals surface area (Å²) in [6, 6.07) is 16.2. The van der Waals surface area contributed by atoms with Gasteiger partial charge in [-0.1, -0.05) is 6.07 Å². The van der Waals surface area contributed by atoms with Gasteiger partial charge in [0.25, 0.3) is 5.91 Å². The predicted octanol–water partition coefficient (Wildman–Crippen LogP) is 4.58. The molecule has 4 aromatic rings. The topological polar surface area (TPSA) is 105 Å². The van der Waals surface area contributed by atoms with Gasteiger partial charge in [-0.3, -0.25) is 14.5 Å². The van der Waals surface area contributed by atoms with Crippen LogP contribution < -0.4 is 10.6 Å². The van der Waals surface area contributed by atoms with Crippen molar-refractivity contribution in [2.45, 2.75) is 26.3 Å². The van der Waals surface area contributed by atoms with Crippen LogP contribution >= 0.6 is 11.3 Å². The summed E-state index contributed by atoms with van der Waals surface area (Å²) >= 11 is 1.61. The Hall–Kier alpha value is -3.98. The smallest absolute Gasteiger partial charge is 0.325 e. The first kappa shape index (κ1) is 21.8. The number of nitrogens with one attached hydrogen (secondary N) is 2. The molecule has 1 aliphatic rings. The molecule has 1 unspecified atom stereocenters. The lowest BCUT2D eigenvalue weighted by Crippen LogP contribution is -2.41. The number of rotatable bonds is 5. The van der Waals surface area contributed by atoms with Gasteiger partial charge in [0.2, 0.25) is 5.91 Å². The number of aromatic nitrogens is 1. The normalized spacial score (nSPS) is 17.9. The summed E-state index contributed by atoms with van der Waals surface area (Å²) in [5.41, 5.74) is 2.29. The van der Waals surface area contributed by atoms with Crippen molar-refractivity contribution >= 4 is 45.1 Å². The van der Waals surface area contributed by atoms with Crippen molar-refractivity contribution in [1.29, 1.82) is 0 Å². The molecule has 4 amide bonds. The van der Waals surface area contributed by atoms with Crippen molar-refractivity contribution in [3.8, 4) is 10.6 Å². The fourth-order valence-electron chi connectivity index (χ4n) is 3.91. The fraction of sp³-hybridized carbons (Fsp3) is 0.200. The van der Waals surface area contributed by atoms with Gasteiger partial charge in [-0.25, -0.2) is 9.78 Å². The van der Waals surface area contributed by atoms with E-state index in [4.69, 9.17) is 4.42 Å². The van der Waals surface area contributed by atoms with Crippen molar-refractivity contribution in [2.75, 3.05) is 11.9 Å². The van der Waals surface area contributed by atoms with Crippen molar-refractivity contribution < 1.29 is 18.8 Å². The van der Waals surface area contributed by atoms with Gasteiger partial charge in [-0.2, -0.15) is 0 Å². The Labute approximate surface area is 199 Å². The molecule has 172 valence electrons. The fourth-order valence-corrected chi connectivity index (χ4v) is 4.98. The number of hydrogen-bond donors (Lipinski definition) is 2. The quantitative estimate of drug-likeness (QED) is 0.412. The van der Waals surface area contributed by atoms with E-state index in [-0.39, 0.29) is 0 Å². The third-order valence-electron chi connectivity index (χ3n) is 5.77. The number of urea groups is 1. The number of benzene rings is 2. The van der Waals surface area contributed by atoms with Gasteiger partial charge in [-0.05, 0) is 74.9 Å². The van der Waals surface area contributed by atoms with Crippen LogP contribution in [0.4, 0.5) is 10.5 Å². The molecule has 34 heavy (non-hydrogen) atoms. The summed E-state index contributed by atoms with van der Waals surface area (Å²) in [5.74, 6) is -0.0688. The van der Waals surface area contributed by atoms with Gasteiger partial charge in [0.1, 0.15) is 23.1 Å². The first-order valence-electron chi connectivity index (χ1n) is 10.7. The first-order chi connectivity index (χ1) is 16.2.